The molecule has 0 aliphatic carbocycles. The molecule has 1 saturated heterocycles. The number of anilines is 2. The Hall–Kier alpha value is -2.64. The van der Waals surface area contributed by atoms with E-state index in [1.54, 1.807) is 38.9 Å². The third-order valence-electron chi connectivity index (χ3n) is 3.52. The summed E-state index contributed by atoms with van der Waals surface area (Å²) >= 11 is 0. The van der Waals surface area contributed by atoms with Crippen LogP contribution in [0, 0.1) is 0 Å². The molecule has 8 heteroatoms. The Balaban J connectivity index is 1.66. The van der Waals surface area contributed by atoms with Gasteiger partial charge in [-0.25, -0.2) is 4.98 Å². The van der Waals surface area contributed by atoms with Crippen LogP contribution in [-0.2, 0) is 0 Å². The standard InChI is InChI=1S/C14H18N6O2/c1-21-12-3-4-16-14(18-12)20-7-5-19(6-8-20)11-9-15-10-13(17-11)22-2/h3-4,9-10H,5-8H2,1-2H3. The second-order valence-corrected chi connectivity index (χ2v) is 4.79. The van der Waals surface area contributed by atoms with Gasteiger partial charge >= 0.3 is 0 Å². The van der Waals surface area contributed by atoms with Gasteiger partial charge in [0.1, 0.15) is 0 Å². The second kappa shape index (κ2) is 6.42. The summed E-state index contributed by atoms with van der Waals surface area (Å²) in [5.74, 6) is 2.61. The smallest absolute Gasteiger partial charge is 0.233 e. The molecule has 0 saturated carbocycles. The Morgan fingerprint density at radius 2 is 1.64 bits per heavy atom. The summed E-state index contributed by atoms with van der Waals surface area (Å²) in [7, 11) is 3.19. The van der Waals surface area contributed by atoms with Gasteiger partial charge in [-0.15, -0.1) is 0 Å². The zero-order chi connectivity index (χ0) is 15.4. The number of aromatic nitrogens is 4. The molecule has 0 unspecified atom stereocenters. The van der Waals surface area contributed by atoms with E-state index in [1.165, 1.54) is 0 Å². The number of piperazine rings is 1. The van der Waals surface area contributed by atoms with Gasteiger partial charge in [-0.05, 0) is 0 Å². The van der Waals surface area contributed by atoms with Crippen molar-refractivity contribution in [3.8, 4) is 11.8 Å². The van der Waals surface area contributed by atoms with Crippen molar-refractivity contribution in [2.75, 3.05) is 50.2 Å². The minimum Gasteiger partial charge on any atom is -0.481 e. The Morgan fingerprint density at radius 3 is 2.36 bits per heavy atom. The molecule has 0 aromatic carbocycles. The minimum atomic E-state index is 0.524. The molecule has 1 fully saturated rings. The maximum atomic E-state index is 5.14. The van der Waals surface area contributed by atoms with Crippen LogP contribution in [0.4, 0.5) is 11.8 Å². The van der Waals surface area contributed by atoms with Gasteiger partial charge in [-0.1, -0.05) is 0 Å². The lowest BCUT2D eigenvalue weighted by Gasteiger charge is -2.35. The first kappa shape index (κ1) is 14.3. The monoisotopic (exact) mass is 302 g/mol. The average Bonchev–Trinajstić information content (AvgIpc) is 2.62. The normalized spacial score (nSPS) is 14.8. The molecule has 0 radical (unpaired) electrons. The van der Waals surface area contributed by atoms with Gasteiger partial charge in [0.15, 0.2) is 5.82 Å². The van der Waals surface area contributed by atoms with E-state index in [9.17, 15) is 0 Å². The van der Waals surface area contributed by atoms with Crippen molar-refractivity contribution in [2.45, 2.75) is 0 Å². The molecule has 3 heterocycles. The van der Waals surface area contributed by atoms with E-state index in [0.29, 0.717) is 17.7 Å². The lowest BCUT2D eigenvalue weighted by atomic mass is 10.3. The number of ether oxygens (including phenoxy) is 2. The zero-order valence-electron chi connectivity index (χ0n) is 12.6. The zero-order valence-corrected chi connectivity index (χ0v) is 12.6. The van der Waals surface area contributed by atoms with Gasteiger partial charge in [-0.3, -0.25) is 4.98 Å². The summed E-state index contributed by atoms with van der Waals surface area (Å²) < 4.78 is 10.3. The van der Waals surface area contributed by atoms with E-state index in [1.807, 2.05) is 0 Å². The maximum absolute atomic E-state index is 5.14. The Morgan fingerprint density at radius 1 is 0.909 bits per heavy atom. The van der Waals surface area contributed by atoms with Crippen LogP contribution in [0.25, 0.3) is 0 Å². The summed E-state index contributed by atoms with van der Waals surface area (Å²) in [6.07, 6.45) is 5.06. The van der Waals surface area contributed by atoms with Crippen molar-refractivity contribution in [3.05, 3.63) is 24.7 Å². The van der Waals surface area contributed by atoms with Crippen LogP contribution in [0.15, 0.2) is 24.7 Å². The predicted octanol–water partition coefficient (Wildman–Crippen LogP) is 0.610. The van der Waals surface area contributed by atoms with Gasteiger partial charge in [0.25, 0.3) is 0 Å². The van der Waals surface area contributed by atoms with Crippen LogP contribution in [0.1, 0.15) is 0 Å². The number of hydrogen-bond donors (Lipinski definition) is 0. The molecule has 0 bridgehead atoms. The fraction of sp³-hybridized carbons (Fsp3) is 0.429. The predicted molar refractivity (Wildman–Crippen MR) is 81.6 cm³/mol. The van der Waals surface area contributed by atoms with Gasteiger partial charge in [0, 0.05) is 38.4 Å². The Labute approximate surface area is 128 Å². The molecular weight excluding hydrogens is 284 g/mol. The quantitative estimate of drug-likeness (QED) is 0.813. The Bertz CT molecular complexity index is 575. The lowest BCUT2D eigenvalue weighted by Crippen LogP contribution is -2.47. The van der Waals surface area contributed by atoms with E-state index >= 15 is 0 Å². The van der Waals surface area contributed by atoms with Crippen molar-refractivity contribution in [1.29, 1.82) is 0 Å². The summed E-state index contributed by atoms with van der Waals surface area (Å²) in [4.78, 5) is 21.5. The van der Waals surface area contributed by atoms with E-state index in [2.05, 4.69) is 29.7 Å². The third-order valence-corrected chi connectivity index (χ3v) is 3.52. The summed E-state index contributed by atoms with van der Waals surface area (Å²) in [5.41, 5.74) is 0. The van der Waals surface area contributed by atoms with Crippen LogP contribution in [0.2, 0.25) is 0 Å². The van der Waals surface area contributed by atoms with Crippen molar-refractivity contribution in [1.82, 2.24) is 19.9 Å². The molecule has 2 aromatic rings. The van der Waals surface area contributed by atoms with Gasteiger partial charge < -0.3 is 19.3 Å². The fourth-order valence-electron chi connectivity index (χ4n) is 2.32. The molecule has 22 heavy (non-hydrogen) atoms. The highest BCUT2D eigenvalue weighted by Crippen LogP contribution is 2.18. The molecule has 1 aliphatic rings. The van der Waals surface area contributed by atoms with E-state index in [0.717, 1.165) is 32.0 Å². The number of hydrogen-bond acceptors (Lipinski definition) is 8. The van der Waals surface area contributed by atoms with Gasteiger partial charge in [0.2, 0.25) is 17.7 Å². The molecule has 116 valence electrons. The topological polar surface area (TPSA) is 76.5 Å². The lowest BCUT2D eigenvalue weighted by molar-refractivity contribution is 0.394. The molecule has 0 amide bonds. The van der Waals surface area contributed by atoms with Crippen molar-refractivity contribution >= 4 is 11.8 Å². The van der Waals surface area contributed by atoms with Crippen LogP contribution in [-0.4, -0.2) is 60.3 Å². The highest BCUT2D eigenvalue weighted by Gasteiger charge is 2.20. The molecule has 2 aromatic heterocycles. The van der Waals surface area contributed by atoms with E-state index in [4.69, 9.17) is 9.47 Å². The van der Waals surface area contributed by atoms with Crippen LogP contribution in [0.5, 0.6) is 11.8 Å². The number of rotatable bonds is 4. The second-order valence-electron chi connectivity index (χ2n) is 4.79. The highest BCUT2D eigenvalue weighted by atomic mass is 16.5. The molecular formula is C14H18N6O2. The number of nitrogens with zero attached hydrogens (tertiary/aromatic N) is 6. The average molecular weight is 302 g/mol. The van der Waals surface area contributed by atoms with Gasteiger partial charge in [0.05, 0.1) is 26.6 Å². The summed E-state index contributed by atoms with van der Waals surface area (Å²) in [5, 5.41) is 0. The van der Waals surface area contributed by atoms with Crippen molar-refractivity contribution in [3.63, 3.8) is 0 Å². The third kappa shape index (κ3) is 3.00. The molecule has 0 spiro atoms. The largest absolute Gasteiger partial charge is 0.481 e. The van der Waals surface area contributed by atoms with Crippen molar-refractivity contribution < 1.29 is 9.47 Å². The maximum Gasteiger partial charge on any atom is 0.233 e. The van der Waals surface area contributed by atoms with Crippen LogP contribution >= 0.6 is 0 Å². The molecule has 0 N–H and O–H groups in total. The summed E-state index contributed by atoms with van der Waals surface area (Å²) in [6.45, 7) is 3.27. The van der Waals surface area contributed by atoms with Crippen LogP contribution in [0.3, 0.4) is 0 Å². The molecule has 3 rings (SSSR count). The fourth-order valence-corrected chi connectivity index (χ4v) is 2.32. The summed E-state index contributed by atoms with van der Waals surface area (Å²) in [6, 6.07) is 1.74. The first-order valence-electron chi connectivity index (χ1n) is 7.03. The molecule has 0 atom stereocenters. The highest BCUT2D eigenvalue weighted by molar-refractivity contribution is 5.42. The molecule has 8 nitrogen and oxygen atoms in total. The molecule has 1 aliphatic heterocycles. The first-order chi connectivity index (χ1) is 10.8. The van der Waals surface area contributed by atoms with E-state index in [-0.39, 0.29) is 0 Å². The minimum absolute atomic E-state index is 0.524. The number of methoxy groups -OCH3 is 2. The Kier molecular flexibility index (Phi) is 4.17. The van der Waals surface area contributed by atoms with Gasteiger partial charge in [-0.2, -0.15) is 9.97 Å². The van der Waals surface area contributed by atoms with E-state index < -0.39 is 0 Å². The first-order valence-corrected chi connectivity index (χ1v) is 7.03. The van der Waals surface area contributed by atoms with Crippen LogP contribution < -0.4 is 19.3 Å². The SMILES string of the molecule is COc1cncc(N2CCN(c3nccc(OC)n3)CC2)n1. The van der Waals surface area contributed by atoms with Crippen molar-refractivity contribution in [2.24, 2.45) is 0 Å².